The summed E-state index contributed by atoms with van der Waals surface area (Å²) in [7, 11) is 0. The quantitative estimate of drug-likeness (QED) is 0.584. The summed E-state index contributed by atoms with van der Waals surface area (Å²) in [6.45, 7) is 4.78. The van der Waals surface area contributed by atoms with Gasteiger partial charge in [-0.15, -0.1) is 0 Å². The van der Waals surface area contributed by atoms with E-state index in [1.807, 2.05) is 0 Å². The summed E-state index contributed by atoms with van der Waals surface area (Å²) in [5, 5.41) is 9.88. The lowest BCUT2D eigenvalue weighted by molar-refractivity contribution is 0.0179. The van der Waals surface area contributed by atoms with Gasteiger partial charge in [0.15, 0.2) is 0 Å². The first kappa shape index (κ1) is 7.37. The summed E-state index contributed by atoms with van der Waals surface area (Å²) in [6, 6.07) is 0. The maximum atomic E-state index is 9.88. The first-order valence-electron chi connectivity index (χ1n) is 5.31. The molecule has 3 aliphatic rings. The molecule has 1 nitrogen and oxygen atoms in total. The van der Waals surface area contributed by atoms with Crippen LogP contribution in [0.2, 0.25) is 0 Å². The second kappa shape index (κ2) is 1.89. The summed E-state index contributed by atoms with van der Waals surface area (Å²) in [5.41, 5.74) is 0.507. The van der Waals surface area contributed by atoms with Crippen LogP contribution >= 0.6 is 0 Å². The van der Waals surface area contributed by atoms with Crippen molar-refractivity contribution in [3.8, 4) is 0 Å². The molecule has 12 heavy (non-hydrogen) atoms. The molecule has 0 radical (unpaired) electrons. The van der Waals surface area contributed by atoms with E-state index >= 15 is 0 Å². The summed E-state index contributed by atoms with van der Waals surface area (Å²) in [5.74, 6) is 3.29. The van der Waals surface area contributed by atoms with Crippen molar-refractivity contribution >= 4 is 0 Å². The van der Waals surface area contributed by atoms with Crippen LogP contribution in [0.1, 0.15) is 33.1 Å². The molecule has 0 saturated heterocycles. The molecule has 0 aromatic heterocycles. The Bertz CT molecular complexity index is 225. The molecule has 3 saturated carbocycles. The van der Waals surface area contributed by atoms with Crippen LogP contribution in [0.3, 0.4) is 0 Å². The van der Waals surface area contributed by atoms with E-state index in [0.717, 1.165) is 24.2 Å². The Morgan fingerprint density at radius 1 is 1.33 bits per heavy atom. The number of hydrogen-bond acceptors (Lipinski definition) is 1. The van der Waals surface area contributed by atoms with E-state index in [1.54, 1.807) is 0 Å². The molecule has 0 spiro atoms. The second-order valence-corrected chi connectivity index (χ2v) is 5.60. The molecule has 4 bridgehead atoms. The van der Waals surface area contributed by atoms with E-state index in [-0.39, 0.29) is 6.10 Å². The summed E-state index contributed by atoms with van der Waals surface area (Å²) in [6.07, 6.45) is 3.95. The highest BCUT2D eigenvalue weighted by Gasteiger charge is 2.65. The van der Waals surface area contributed by atoms with Crippen LogP contribution in [0.15, 0.2) is 0 Å². The molecule has 0 amide bonds. The maximum absolute atomic E-state index is 9.88. The van der Waals surface area contributed by atoms with Gasteiger partial charge in [0.2, 0.25) is 0 Å². The number of rotatable bonds is 0. The molecule has 6 atom stereocenters. The highest BCUT2D eigenvalue weighted by molar-refractivity contribution is 5.13. The van der Waals surface area contributed by atoms with E-state index in [9.17, 15) is 5.11 Å². The van der Waals surface area contributed by atoms with Crippen LogP contribution in [-0.4, -0.2) is 11.2 Å². The van der Waals surface area contributed by atoms with E-state index in [4.69, 9.17) is 0 Å². The largest absolute Gasteiger partial charge is 0.393 e. The van der Waals surface area contributed by atoms with Crippen molar-refractivity contribution < 1.29 is 5.11 Å². The fourth-order valence-corrected chi connectivity index (χ4v) is 4.62. The Labute approximate surface area is 74.2 Å². The molecule has 1 N–H and O–H groups in total. The van der Waals surface area contributed by atoms with Crippen molar-refractivity contribution in [2.75, 3.05) is 0 Å². The standard InChI is InChI=1S/C11H18O/c1-6-3-8-7-4-9(12)10(8)11(6,2)5-7/h6-10,12H,3-5H2,1-2H3/t6-,7+,8?,9-,10+,11+/m0/s1. The Balaban J connectivity index is 2.03. The lowest BCUT2D eigenvalue weighted by Gasteiger charge is -2.39. The van der Waals surface area contributed by atoms with E-state index in [2.05, 4.69) is 13.8 Å². The third-order valence-electron chi connectivity index (χ3n) is 5.24. The fraction of sp³-hybridized carbons (Fsp3) is 1.00. The van der Waals surface area contributed by atoms with Crippen molar-refractivity contribution in [1.82, 2.24) is 0 Å². The molecule has 0 heterocycles. The van der Waals surface area contributed by atoms with Crippen LogP contribution in [-0.2, 0) is 0 Å². The monoisotopic (exact) mass is 166 g/mol. The van der Waals surface area contributed by atoms with Gasteiger partial charge in [0.1, 0.15) is 0 Å². The van der Waals surface area contributed by atoms with Gasteiger partial charge in [0.05, 0.1) is 6.10 Å². The van der Waals surface area contributed by atoms with Crippen LogP contribution < -0.4 is 0 Å². The average Bonchev–Trinajstić information content (AvgIpc) is 2.47. The van der Waals surface area contributed by atoms with Gasteiger partial charge in [0, 0.05) is 0 Å². The fourth-order valence-electron chi connectivity index (χ4n) is 4.62. The van der Waals surface area contributed by atoms with Gasteiger partial charge in [-0.25, -0.2) is 0 Å². The Kier molecular flexibility index (Phi) is 1.16. The van der Waals surface area contributed by atoms with Crippen molar-refractivity contribution in [2.45, 2.75) is 39.2 Å². The molecule has 1 heteroatoms. The minimum absolute atomic E-state index is 0.0451. The highest BCUT2D eigenvalue weighted by atomic mass is 16.3. The molecule has 3 fully saturated rings. The van der Waals surface area contributed by atoms with Gasteiger partial charge in [-0.05, 0) is 48.3 Å². The molecule has 1 unspecified atom stereocenters. The zero-order chi connectivity index (χ0) is 8.51. The predicted molar refractivity (Wildman–Crippen MR) is 47.6 cm³/mol. The minimum atomic E-state index is 0.0451. The zero-order valence-electron chi connectivity index (χ0n) is 7.96. The third-order valence-corrected chi connectivity index (χ3v) is 5.24. The Morgan fingerprint density at radius 3 is 2.67 bits per heavy atom. The van der Waals surface area contributed by atoms with Crippen molar-refractivity contribution in [3.05, 3.63) is 0 Å². The molecule has 0 aromatic rings. The molecule has 3 rings (SSSR count). The SMILES string of the molecule is C[C@H]1CC2[C@@H]3C[C@H](O)[C@@H]2[C@]1(C)C3. The van der Waals surface area contributed by atoms with Crippen molar-refractivity contribution in [2.24, 2.45) is 29.1 Å². The van der Waals surface area contributed by atoms with Crippen molar-refractivity contribution in [1.29, 1.82) is 0 Å². The van der Waals surface area contributed by atoms with Gasteiger partial charge < -0.3 is 5.11 Å². The lowest BCUT2D eigenvalue weighted by Crippen LogP contribution is -2.35. The van der Waals surface area contributed by atoms with E-state index in [1.165, 1.54) is 12.8 Å². The van der Waals surface area contributed by atoms with Gasteiger partial charge in [-0.1, -0.05) is 13.8 Å². The summed E-state index contributed by atoms with van der Waals surface area (Å²) >= 11 is 0. The van der Waals surface area contributed by atoms with Crippen molar-refractivity contribution in [3.63, 3.8) is 0 Å². The van der Waals surface area contributed by atoms with Gasteiger partial charge >= 0.3 is 0 Å². The van der Waals surface area contributed by atoms with Crippen LogP contribution in [0.4, 0.5) is 0 Å². The number of hydrogen-bond donors (Lipinski definition) is 1. The van der Waals surface area contributed by atoms with Crippen LogP contribution in [0.5, 0.6) is 0 Å². The zero-order valence-corrected chi connectivity index (χ0v) is 7.96. The highest BCUT2D eigenvalue weighted by Crippen LogP contribution is 2.69. The lowest BCUT2D eigenvalue weighted by atomic mass is 9.67. The molecule has 0 aliphatic heterocycles. The predicted octanol–water partition coefficient (Wildman–Crippen LogP) is 2.05. The maximum Gasteiger partial charge on any atom is 0.0579 e. The minimum Gasteiger partial charge on any atom is -0.393 e. The first-order chi connectivity index (χ1) is 5.63. The first-order valence-corrected chi connectivity index (χ1v) is 5.31. The summed E-state index contributed by atoms with van der Waals surface area (Å²) < 4.78 is 0. The van der Waals surface area contributed by atoms with E-state index in [0.29, 0.717) is 11.3 Å². The van der Waals surface area contributed by atoms with Crippen LogP contribution in [0.25, 0.3) is 0 Å². The van der Waals surface area contributed by atoms with Crippen LogP contribution in [0, 0.1) is 29.1 Å². The third kappa shape index (κ3) is 0.585. The molecular formula is C11H18O. The Morgan fingerprint density at radius 2 is 2.08 bits per heavy atom. The number of aliphatic hydroxyl groups is 1. The topological polar surface area (TPSA) is 20.2 Å². The normalized spacial score (nSPS) is 67.8. The Hall–Kier alpha value is -0.0400. The van der Waals surface area contributed by atoms with Gasteiger partial charge in [-0.3, -0.25) is 0 Å². The second-order valence-electron chi connectivity index (χ2n) is 5.60. The van der Waals surface area contributed by atoms with E-state index < -0.39 is 0 Å². The smallest absolute Gasteiger partial charge is 0.0579 e. The molecule has 3 aliphatic carbocycles. The molecule has 68 valence electrons. The van der Waals surface area contributed by atoms with Gasteiger partial charge in [-0.2, -0.15) is 0 Å². The molecule has 0 aromatic carbocycles. The molecular weight excluding hydrogens is 148 g/mol. The summed E-state index contributed by atoms with van der Waals surface area (Å²) in [4.78, 5) is 0. The number of aliphatic hydroxyl groups excluding tert-OH is 1. The average molecular weight is 166 g/mol. The van der Waals surface area contributed by atoms with Gasteiger partial charge in [0.25, 0.3) is 0 Å².